The molecule has 0 saturated heterocycles. The first kappa shape index (κ1) is 29.9. The highest BCUT2D eigenvalue weighted by Crippen LogP contribution is 2.27. The van der Waals surface area contributed by atoms with Gasteiger partial charge in [-0.05, 0) is 48.0 Å². The van der Waals surface area contributed by atoms with Crippen molar-refractivity contribution in [2.45, 2.75) is 9.79 Å². The summed E-state index contributed by atoms with van der Waals surface area (Å²) in [5, 5.41) is -0.851. The zero-order valence-electron chi connectivity index (χ0n) is 16.9. The molecule has 0 unspecified atom stereocenters. The van der Waals surface area contributed by atoms with Crippen LogP contribution in [0.3, 0.4) is 0 Å². The molecule has 0 aromatic heterocycles. The normalized spacial score (nSPS) is 11.4. The highest BCUT2D eigenvalue weighted by Gasteiger charge is 2.19. The van der Waals surface area contributed by atoms with Gasteiger partial charge in [0.2, 0.25) is 0 Å². The van der Waals surface area contributed by atoms with Gasteiger partial charge in [-0.15, -0.1) is 0 Å². The lowest BCUT2D eigenvalue weighted by atomic mass is 10.2. The third-order valence-electron chi connectivity index (χ3n) is 3.84. The average Bonchev–Trinajstić information content (AvgIpc) is 2.70. The first-order valence-electron chi connectivity index (χ1n) is 8.52. The molecule has 0 spiro atoms. The largest absolute Gasteiger partial charge is 0.383 e. The number of amides is 1. The summed E-state index contributed by atoms with van der Waals surface area (Å²) in [6, 6.07) is 7.51. The first-order valence-corrected chi connectivity index (χ1v) is 14.3. The lowest BCUT2D eigenvalue weighted by Crippen LogP contribution is -2.30. The van der Waals surface area contributed by atoms with E-state index in [9.17, 15) is 26.4 Å². The number of ether oxygens (including phenoxy) is 1. The van der Waals surface area contributed by atoms with E-state index < -0.39 is 23.3 Å². The molecule has 0 atom stereocenters. The summed E-state index contributed by atoms with van der Waals surface area (Å²) in [7, 11) is 5.49. The molecule has 2 rings (SSSR count). The lowest BCUT2D eigenvalue weighted by molar-refractivity contribution is 0.0744. The SMILES string of the molecule is COCCN(C)C(=O)c1ccc(Cl)c(S(=O)(=O)Cl)c1.O=C(Cl)c1ccc(Cl)c(S(=O)(=O)Cl)c1. The number of benzene rings is 2. The molecular weight excluding hydrogens is 584 g/mol. The molecule has 15 heteroatoms. The van der Waals surface area contributed by atoms with Crippen LogP contribution < -0.4 is 0 Å². The second kappa shape index (κ2) is 12.6. The Bertz CT molecular complexity index is 1250. The highest BCUT2D eigenvalue weighted by molar-refractivity contribution is 8.14. The van der Waals surface area contributed by atoms with Crippen LogP contribution in [0.15, 0.2) is 46.2 Å². The zero-order chi connectivity index (χ0) is 25.6. The van der Waals surface area contributed by atoms with Crippen molar-refractivity contribution in [2.75, 3.05) is 27.3 Å². The maximum Gasteiger partial charge on any atom is 0.262 e. The molecule has 0 N–H and O–H groups in total. The van der Waals surface area contributed by atoms with Gasteiger partial charge in [0.15, 0.2) is 0 Å². The first-order chi connectivity index (χ1) is 15.1. The Morgan fingerprint density at radius 1 is 0.879 bits per heavy atom. The van der Waals surface area contributed by atoms with Gasteiger partial charge in [0.25, 0.3) is 29.3 Å². The average molecular weight is 600 g/mol. The van der Waals surface area contributed by atoms with Crippen LogP contribution in [0.2, 0.25) is 10.0 Å². The van der Waals surface area contributed by atoms with Gasteiger partial charge in [0, 0.05) is 53.2 Å². The van der Waals surface area contributed by atoms with Crippen LogP contribution in [0, 0.1) is 0 Å². The molecule has 1 amide bonds. The monoisotopic (exact) mass is 597 g/mol. The topological polar surface area (TPSA) is 115 Å². The van der Waals surface area contributed by atoms with Crippen molar-refractivity contribution in [1.29, 1.82) is 0 Å². The van der Waals surface area contributed by atoms with Crippen LogP contribution in [0.25, 0.3) is 0 Å². The van der Waals surface area contributed by atoms with E-state index in [0.29, 0.717) is 13.2 Å². The Morgan fingerprint density at radius 2 is 1.30 bits per heavy atom. The van der Waals surface area contributed by atoms with Crippen LogP contribution in [0.1, 0.15) is 20.7 Å². The van der Waals surface area contributed by atoms with Crippen LogP contribution in [-0.4, -0.2) is 60.2 Å². The molecule has 33 heavy (non-hydrogen) atoms. The maximum atomic E-state index is 12.0. The van der Waals surface area contributed by atoms with E-state index in [4.69, 9.17) is 60.9 Å². The number of carbonyl (C=O) groups excluding carboxylic acids is 2. The molecule has 0 radical (unpaired) electrons. The fraction of sp³-hybridized carbons (Fsp3) is 0.222. The molecule has 2 aromatic carbocycles. The summed E-state index contributed by atoms with van der Waals surface area (Å²) in [6.45, 7) is 0.775. The second-order valence-corrected chi connectivity index (χ2v) is 12.4. The Labute approximate surface area is 215 Å². The van der Waals surface area contributed by atoms with Crippen molar-refractivity contribution in [3.8, 4) is 0 Å². The molecule has 0 aliphatic rings. The van der Waals surface area contributed by atoms with Gasteiger partial charge < -0.3 is 9.64 Å². The maximum absolute atomic E-state index is 12.0. The molecule has 0 aliphatic carbocycles. The van der Waals surface area contributed by atoms with E-state index in [1.54, 1.807) is 7.05 Å². The number of carbonyl (C=O) groups is 2. The van der Waals surface area contributed by atoms with Crippen LogP contribution in [0.5, 0.6) is 0 Å². The zero-order valence-corrected chi connectivity index (χ0v) is 22.3. The van der Waals surface area contributed by atoms with Gasteiger partial charge in [-0.1, -0.05) is 23.2 Å². The minimum absolute atomic E-state index is 0.0221. The van der Waals surface area contributed by atoms with Crippen LogP contribution in [0.4, 0.5) is 0 Å². The predicted molar refractivity (Wildman–Crippen MR) is 128 cm³/mol. The lowest BCUT2D eigenvalue weighted by Gasteiger charge is -2.17. The van der Waals surface area contributed by atoms with Crippen molar-refractivity contribution < 1.29 is 31.2 Å². The van der Waals surface area contributed by atoms with Crippen molar-refractivity contribution in [3.05, 3.63) is 57.6 Å². The third kappa shape index (κ3) is 9.22. The van der Waals surface area contributed by atoms with Crippen molar-refractivity contribution >= 4 is 85.4 Å². The molecule has 0 heterocycles. The number of rotatable bonds is 7. The van der Waals surface area contributed by atoms with E-state index in [-0.39, 0.29) is 36.9 Å². The molecular formula is C18H16Cl5NO7S2. The van der Waals surface area contributed by atoms with Crippen molar-refractivity contribution in [2.24, 2.45) is 0 Å². The van der Waals surface area contributed by atoms with Crippen molar-refractivity contribution in [1.82, 2.24) is 4.90 Å². The van der Waals surface area contributed by atoms with Gasteiger partial charge in [-0.2, -0.15) is 0 Å². The van der Waals surface area contributed by atoms with Crippen LogP contribution in [-0.2, 0) is 22.8 Å². The Kier molecular flexibility index (Phi) is 11.4. The second-order valence-electron chi connectivity index (χ2n) is 6.16. The van der Waals surface area contributed by atoms with Gasteiger partial charge in [0.05, 0.1) is 16.7 Å². The minimum atomic E-state index is -3.99. The molecule has 0 aliphatic heterocycles. The number of nitrogens with zero attached hydrogens (tertiary/aromatic N) is 1. The van der Waals surface area contributed by atoms with E-state index >= 15 is 0 Å². The fourth-order valence-electron chi connectivity index (χ4n) is 2.19. The molecule has 0 bridgehead atoms. The minimum Gasteiger partial charge on any atom is -0.383 e. The quantitative estimate of drug-likeness (QED) is 0.426. The standard InChI is InChI=1S/C11H13Cl2NO4S.C7H3Cl3O3S/c1-14(5-6-18-2)11(15)8-3-4-9(12)10(7-8)19(13,16)17;8-5-2-1-4(7(9)11)3-6(5)14(10,12)13/h3-4,7H,5-6H2,1-2H3;1-3H. The molecule has 0 fully saturated rings. The summed E-state index contributed by atoms with van der Waals surface area (Å²) >= 11 is 16.5. The van der Waals surface area contributed by atoms with Gasteiger partial charge in [-0.25, -0.2) is 16.8 Å². The molecule has 182 valence electrons. The third-order valence-corrected chi connectivity index (χ3v) is 7.66. The number of halogens is 5. The van der Waals surface area contributed by atoms with Crippen LogP contribution >= 0.6 is 56.2 Å². The Hall–Kier alpha value is -1.11. The number of hydrogen-bond acceptors (Lipinski definition) is 7. The van der Waals surface area contributed by atoms with Gasteiger partial charge in [0.1, 0.15) is 9.79 Å². The van der Waals surface area contributed by atoms with E-state index in [1.165, 1.54) is 36.3 Å². The Balaban J connectivity index is 0.000000346. The van der Waals surface area contributed by atoms with E-state index in [2.05, 4.69) is 0 Å². The summed E-state index contributed by atoms with van der Waals surface area (Å²) in [5.41, 5.74) is 0.220. The Morgan fingerprint density at radius 3 is 1.70 bits per heavy atom. The van der Waals surface area contributed by atoms with Gasteiger partial charge in [-0.3, -0.25) is 9.59 Å². The van der Waals surface area contributed by atoms with Crippen molar-refractivity contribution in [3.63, 3.8) is 0 Å². The predicted octanol–water partition coefficient (Wildman–Crippen LogP) is 4.63. The summed E-state index contributed by atoms with van der Waals surface area (Å²) in [4.78, 5) is 23.6. The number of hydrogen-bond donors (Lipinski definition) is 0. The van der Waals surface area contributed by atoms with Gasteiger partial charge >= 0.3 is 0 Å². The smallest absolute Gasteiger partial charge is 0.262 e. The van der Waals surface area contributed by atoms with E-state index in [1.807, 2.05) is 0 Å². The number of likely N-dealkylation sites (N-methyl/N-ethyl adjacent to an activating group) is 1. The summed E-state index contributed by atoms with van der Waals surface area (Å²) in [5.74, 6) is -0.338. The summed E-state index contributed by atoms with van der Waals surface area (Å²) < 4.78 is 49.4. The molecule has 0 saturated carbocycles. The molecule has 8 nitrogen and oxygen atoms in total. The molecule has 2 aromatic rings. The fourth-order valence-corrected chi connectivity index (χ4v) is 5.29. The summed E-state index contributed by atoms with van der Waals surface area (Å²) in [6.07, 6.45) is 0. The van der Waals surface area contributed by atoms with E-state index in [0.717, 1.165) is 12.1 Å². The highest BCUT2D eigenvalue weighted by atomic mass is 35.7. The number of methoxy groups -OCH3 is 1.